The Bertz CT molecular complexity index is 1180. The Morgan fingerprint density at radius 3 is 1.19 bits per heavy atom. The van der Waals surface area contributed by atoms with Gasteiger partial charge in [-0.3, -0.25) is 14.4 Å². The second-order valence-electron chi connectivity index (χ2n) is 14.3. The molecule has 4 saturated carbocycles. The van der Waals surface area contributed by atoms with Gasteiger partial charge in [-0.1, -0.05) is 62.2 Å². The Balaban J connectivity index is 1.04. The Kier molecular flexibility index (Phi) is 9.74. The molecule has 0 aliphatic heterocycles. The van der Waals surface area contributed by atoms with Crippen LogP contribution in [0.25, 0.3) is 9.40 Å². The molecule has 7 heteroatoms. The maximum Gasteiger partial charge on any atom is 0.314 e. The number of rotatable bonds is 6. The monoisotopic (exact) mass is 612 g/mol. The first kappa shape index (κ1) is 30.3. The molecule has 0 N–H and O–H groups in total. The van der Waals surface area contributed by atoms with Crippen LogP contribution in [0.1, 0.15) is 117 Å². The summed E-state index contributed by atoms with van der Waals surface area (Å²) in [6.45, 7) is 4.73. The Morgan fingerprint density at radius 1 is 0.548 bits per heavy atom. The number of fused-ring (bicyclic) bond motifs is 1. The molecule has 42 heavy (non-hydrogen) atoms. The van der Waals surface area contributed by atoms with Crippen molar-refractivity contribution < 1.29 is 19.1 Å². The number of hydrogen-bond acceptors (Lipinski definition) is 7. The van der Waals surface area contributed by atoms with Crippen molar-refractivity contribution in [1.82, 2.24) is 0 Å². The molecule has 4 aliphatic carbocycles. The molecule has 5 nitrogen and oxygen atoms in total. The Hall–Kier alpha value is -1.73. The van der Waals surface area contributed by atoms with Gasteiger partial charge in [-0.05, 0) is 125 Å². The highest BCUT2D eigenvalue weighted by atomic mass is 32.2. The van der Waals surface area contributed by atoms with E-state index in [1.54, 1.807) is 12.1 Å². The van der Waals surface area contributed by atoms with E-state index in [0.717, 1.165) is 110 Å². The van der Waals surface area contributed by atoms with Gasteiger partial charge in [0.05, 0.1) is 21.2 Å². The van der Waals surface area contributed by atoms with Crippen LogP contribution in [0.4, 0.5) is 0 Å². The molecule has 4 aliphatic rings. The van der Waals surface area contributed by atoms with Crippen molar-refractivity contribution in [1.29, 1.82) is 0 Å². The molecule has 0 saturated heterocycles. The van der Waals surface area contributed by atoms with Gasteiger partial charge in [-0.15, -0.1) is 0 Å². The van der Waals surface area contributed by atoms with Gasteiger partial charge < -0.3 is 9.47 Å². The van der Waals surface area contributed by atoms with E-state index < -0.39 is 0 Å². The molecule has 230 valence electrons. The highest BCUT2D eigenvalue weighted by Gasteiger charge is 2.35. The third-order valence-electron chi connectivity index (χ3n) is 11.5. The van der Waals surface area contributed by atoms with E-state index in [1.807, 2.05) is 0 Å². The zero-order chi connectivity index (χ0) is 29.2. The van der Waals surface area contributed by atoms with Crippen molar-refractivity contribution in [2.75, 3.05) is 0 Å². The van der Waals surface area contributed by atoms with Crippen LogP contribution in [0.3, 0.4) is 0 Å². The van der Waals surface area contributed by atoms with Crippen LogP contribution in [0.2, 0.25) is 0 Å². The average molecular weight is 613 g/mol. The second-order valence-corrected chi connectivity index (χ2v) is 16.5. The van der Waals surface area contributed by atoms with Gasteiger partial charge in [0.15, 0.2) is 0 Å². The van der Waals surface area contributed by atoms with Crippen LogP contribution >= 0.6 is 22.7 Å². The molecule has 1 heterocycles. The fourth-order valence-electron chi connectivity index (χ4n) is 8.62. The summed E-state index contributed by atoms with van der Waals surface area (Å²) in [6, 6.07) is 3.42. The lowest BCUT2D eigenvalue weighted by Crippen LogP contribution is -2.30. The van der Waals surface area contributed by atoms with Gasteiger partial charge in [0.1, 0.15) is 11.5 Å². The van der Waals surface area contributed by atoms with Crippen LogP contribution < -0.4 is 13.5 Å². The molecule has 0 spiro atoms. The maximum absolute atomic E-state index is 13.2. The van der Waals surface area contributed by atoms with Crippen molar-refractivity contribution in [3.8, 4) is 11.5 Å². The molecular formula is C35H48O5S2. The maximum atomic E-state index is 13.2. The predicted octanol–water partition coefficient (Wildman–Crippen LogP) is 9.40. The van der Waals surface area contributed by atoms with E-state index in [-0.39, 0.29) is 27.8 Å². The topological polar surface area (TPSA) is 69.7 Å². The smallest absolute Gasteiger partial charge is 0.314 e. The van der Waals surface area contributed by atoms with Crippen molar-refractivity contribution >= 4 is 44.0 Å². The quantitative estimate of drug-likeness (QED) is 0.240. The molecule has 1 aromatic carbocycles. The summed E-state index contributed by atoms with van der Waals surface area (Å²) in [5.41, 5.74) is 0. The summed E-state index contributed by atoms with van der Waals surface area (Å²) in [6.07, 6.45) is 18.7. The molecule has 4 fully saturated rings. The van der Waals surface area contributed by atoms with Gasteiger partial charge in [0, 0.05) is 0 Å². The fraction of sp³-hybridized carbons (Fsp3) is 0.743. The van der Waals surface area contributed by atoms with E-state index in [9.17, 15) is 14.4 Å². The number of ether oxygens (including phenoxy) is 2. The van der Waals surface area contributed by atoms with E-state index in [4.69, 9.17) is 9.47 Å². The van der Waals surface area contributed by atoms with Crippen LogP contribution in [0.5, 0.6) is 11.5 Å². The summed E-state index contributed by atoms with van der Waals surface area (Å²) in [5.74, 6) is 5.17. The van der Waals surface area contributed by atoms with Gasteiger partial charge in [-0.2, -0.15) is 0 Å². The van der Waals surface area contributed by atoms with E-state index in [1.165, 1.54) is 51.4 Å². The zero-order valence-corrected chi connectivity index (χ0v) is 27.1. The Labute approximate surface area is 258 Å². The normalized spacial score (nSPS) is 34.1. The van der Waals surface area contributed by atoms with Crippen LogP contribution in [-0.2, 0) is 9.59 Å². The van der Waals surface area contributed by atoms with Crippen molar-refractivity contribution in [2.45, 2.75) is 117 Å². The third kappa shape index (κ3) is 6.98. The molecule has 0 amide bonds. The van der Waals surface area contributed by atoms with Gasteiger partial charge in [-0.25, -0.2) is 0 Å². The van der Waals surface area contributed by atoms with Gasteiger partial charge in [0.2, 0.25) is 0 Å². The summed E-state index contributed by atoms with van der Waals surface area (Å²) in [4.78, 5) is 38.8. The molecule has 2 aromatic rings. The average Bonchev–Trinajstić information content (AvgIpc) is 3.41. The lowest BCUT2D eigenvalue weighted by Gasteiger charge is -2.36. The molecular weight excluding hydrogens is 565 g/mol. The van der Waals surface area contributed by atoms with Crippen molar-refractivity contribution in [3.63, 3.8) is 0 Å². The third-order valence-corrected chi connectivity index (χ3v) is 13.7. The molecule has 0 bridgehead atoms. The van der Waals surface area contributed by atoms with Crippen LogP contribution in [0, 0.1) is 47.3 Å². The number of carbonyl (C=O) groups excluding carboxylic acids is 2. The summed E-state index contributed by atoms with van der Waals surface area (Å²) in [7, 11) is 0. The first-order valence-electron chi connectivity index (χ1n) is 16.8. The second kappa shape index (κ2) is 13.5. The highest BCUT2D eigenvalue weighted by Crippen LogP contribution is 2.44. The largest absolute Gasteiger partial charge is 0.425 e. The summed E-state index contributed by atoms with van der Waals surface area (Å²) < 4.78 is 13.0. The summed E-state index contributed by atoms with van der Waals surface area (Å²) >= 11 is 2.15. The number of benzene rings is 1. The molecule has 1 aromatic heterocycles. The number of esters is 2. The minimum atomic E-state index is -0.188. The first-order valence-corrected chi connectivity index (χ1v) is 18.5. The van der Waals surface area contributed by atoms with E-state index >= 15 is 0 Å². The van der Waals surface area contributed by atoms with Crippen LogP contribution in [0.15, 0.2) is 16.9 Å². The lowest BCUT2D eigenvalue weighted by atomic mass is 9.69. The Morgan fingerprint density at radius 2 is 0.857 bits per heavy atom. The van der Waals surface area contributed by atoms with Gasteiger partial charge >= 0.3 is 11.9 Å². The molecule has 0 atom stereocenters. The summed E-state index contributed by atoms with van der Waals surface area (Å²) in [5, 5.41) is 0. The predicted molar refractivity (Wildman–Crippen MR) is 170 cm³/mol. The van der Waals surface area contributed by atoms with E-state index in [2.05, 4.69) is 13.8 Å². The van der Waals surface area contributed by atoms with E-state index in [0.29, 0.717) is 20.9 Å². The standard InChI is InChI=1S/C35H48O5S2/c1-21-3-7-23(8-4-21)25-11-15-27(16-12-25)33(36)39-29-19-20-30(32-31(29)41-35(38)42-32)40-34(37)28-17-13-26(14-18-28)24-9-5-22(2)6-10-24/h19-28H,3-18H2,1-2H3. The zero-order valence-electron chi connectivity index (χ0n) is 25.4. The van der Waals surface area contributed by atoms with Crippen LogP contribution in [-0.4, -0.2) is 11.9 Å². The fourth-order valence-corrected chi connectivity index (χ4v) is 10.7. The van der Waals surface area contributed by atoms with Crippen molar-refractivity contribution in [3.05, 3.63) is 21.0 Å². The highest BCUT2D eigenvalue weighted by molar-refractivity contribution is 7.36. The van der Waals surface area contributed by atoms with Crippen molar-refractivity contribution in [2.24, 2.45) is 47.3 Å². The lowest BCUT2D eigenvalue weighted by molar-refractivity contribution is -0.141. The minimum Gasteiger partial charge on any atom is -0.425 e. The molecule has 6 rings (SSSR count). The van der Waals surface area contributed by atoms with Gasteiger partial charge in [0.25, 0.3) is 4.06 Å². The molecule has 0 unspecified atom stereocenters. The number of carbonyl (C=O) groups is 2. The SMILES string of the molecule is CC1CCC(C2CCC(C(=O)Oc3ccc(OC(=O)C4CCC(C5CCC(C)CC5)CC4)c4sc(=O)sc34)CC2)CC1. The number of hydrogen-bond donors (Lipinski definition) is 0. The molecule has 0 radical (unpaired) electrons. The minimum absolute atomic E-state index is 0.0844. The first-order chi connectivity index (χ1) is 20.3.